The standard InChI is InChI=1S/C24H17Br2ClN2O2/c1-15-2-8-21(27)12-22(15)29-24(30)18(13-28)10-17-11-20(26)7-9-23(17)31-14-16-3-5-19(25)6-4-16/h2-12H,14H2,1H3,(H,29,30)/b18-10+. The predicted molar refractivity (Wildman–Crippen MR) is 131 cm³/mol. The monoisotopic (exact) mass is 558 g/mol. The molecule has 31 heavy (non-hydrogen) atoms. The van der Waals surface area contributed by atoms with E-state index in [-0.39, 0.29) is 5.57 Å². The molecule has 4 nitrogen and oxygen atoms in total. The third kappa shape index (κ3) is 6.44. The second-order valence-electron chi connectivity index (χ2n) is 6.68. The van der Waals surface area contributed by atoms with Gasteiger partial charge in [-0.3, -0.25) is 4.79 Å². The van der Waals surface area contributed by atoms with Gasteiger partial charge in [0.2, 0.25) is 0 Å². The van der Waals surface area contributed by atoms with Gasteiger partial charge in [0.15, 0.2) is 0 Å². The van der Waals surface area contributed by atoms with Crippen molar-refractivity contribution in [3.8, 4) is 11.8 Å². The van der Waals surface area contributed by atoms with Crippen molar-refractivity contribution >= 4 is 61.1 Å². The second-order valence-corrected chi connectivity index (χ2v) is 8.95. The number of benzene rings is 3. The molecule has 156 valence electrons. The number of nitriles is 1. The minimum absolute atomic E-state index is 0.0500. The van der Waals surface area contributed by atoms with Crippen LogP contribution in [0.3, 0.4) is 0 Å². The smallest absolute Gasteiger partial charge is 0.266 e. The molecule has 3 aromatic rings. The SMILES string of the molecule is Cc1ccc(Cl)cc1NC(=O)/C(C#N)=C/c1cc(Br)ccc1OCc1ccc(Br)cc1. The first kappa shape index (κ1) is 23.1. The molecule has 3 rings (SSSR count). The number of rotatable bonds is 6. The van der Waals surface area contributed by atoms with Gasteiger partial charge in [0.25, 0.3) is 5.91 Å². The molecular weight excluding hydrogens is 544 g/mol. The lowest BCUT2D eigenvalue weighted by molar-refractivity contribution is -0.112. The molecule has 0 aliphatic carbocycles. The Kier molecular flexibility index (Phi) is 7.91. The minimum Gasteiger partial charge on any atom is -0.488 e. The molecule has 3 aromatic carbocycles. The van der Waals surface area contributed by atoms with Gasteiger partial charge >= 0.3 is 0 Å². The van der Waals surface area contributed by atoms with Gasteiger partial charge in [-0.1, -0.05) is 61.7 Å². The van der Waals surface area contributed by atoms with Crippen LogP contribution in [0.25, 0.3) is 6.08 Å². The number of anilines is 1. The number of nitrogens with zero attached hydrogens (tertiary/aromatic N) is 1. The van der Waals surface area contributed by atoms with Gasteiger partial charge in [-0.25, -0.2) is 0 Å². The zero-order valence-electron chi connectivity index (χ0n) is 16.5. The average Bonchev–Trinajstić information content (AvgIpc) is 2.75. The average molecular weight is 561 g/mol. The molecule has 0 spiro atoms. The molecule has 1 amide bonds. The molecule has 0 fully saturated rings. The number of carbonyl (C=O) groups is 1. The first-order valence-corrected chi connectivity index (χ1v) is 11.2. The first-order valence-electron chi connectivity index (χ1n) is 9.22. The van der Waals surface area contributed by atoms with Crippen LogP contribution in [-0.4, -0.2) is 5.91 Å². The Balaban J connectivity index is 1.84. The largest absolute Gasteiger partial charge is 0.488 e. The van der Waals surface area contributed by atoms with Crippen LogP contribution < -0.4 is 10.1 Å². The summed E-state index contributed by atoms with van der Waals surface area (Å²) < 4.78 is 7.75. The second kappa shape index (κ2) is 10.6. The fraction of sp³-hybridized carbons (Fsp3) is 0.0833. The lowest BCUT2D eigenvalue weighted by Crippen LogP contribution is -2.14. The number of carbonyl (C=O) groups excluding carboxylic acids is 1. The van der Waals surface area contributed by atoms with E-state index in [0.29, 0.717) is 28.6 Å². The molecule has 0 aromatic heterocycles. The number of halogens is 3. The Hall–Kier alpha value is -2.59. The highest BCUT2D eigenvalue weighted by Gasteiger charge is 2.13. The van der Waals surface area contributed by atoms with Crippen molar-refractivity contribution in [2.75, 3.05) is 5.32 Å². The van der Waals surface area contributed by atoms with Crippen molar-refractivity contribution in [3.63, 3.8) is 0 Å². The summed E-state index contributed by atoms with van der Waals surface area (Å²) in [5, 5.41) is 12.8. The Morgan fingerprint density at radius 2 is 1.81 bits per heavy atom. The Morgan fingerprint density at radius 1 is 1.10 bits per heavy atom. The van der Waals surface area contributed by atoms with E-state index in [4.69, 9.17) is 16.3 Å². The molecule has 0 saturated heterocycles. The summed E-state index contributed by atoms with van der Waals surface area (Å²) in [6.07, 6.45) is 1.51. The molecule has 0 aliphatic heterocycles. The van der Waals surface area contributed by atoms with Gasteiger partial charge in [-0.05, 0) is 66.6 Å². The number of ether oxygens (including phenoxy) is 1. The summed E-state index contributed by atoms with van der Waals surface area (Å²) in [7, 11) is 0. The lowest BCUT2D eigenvalue weighted by atomic mass is 10.1. The van der Waals surface area contributed by atoms with Gasteiger partial charge in [0.05, 0.1) is 0 Å². The van der Waals surface area contributed by atoms with Crippen molar-refractivity contribution < 1.29 is 9.53 Å². The van der Waals surface area contributed by atoms with Gasteiger partial charge in [-0.15, -0.1) is 0 Å². The molecule has 7 heteroatoms. The highest BCUT2D eigenvalue weighted by molar-refractivity contribution is 9.10. The maximum Gasteiger partial charge on any atom is 0.266 e. The van der Waals surface area contributed by atoms with Crippen LogP contribution in [0.15, 0.2) is 75.2 Å². The fourth-order valence-electron chi connectivity index (χ4n) is 2.73. The van der Waals surface area contributed by atoms with Gasteiger partial charge in [-0.2, -0.15) is 5.26 Å². The fourth-order valence-corrected chi connectivity index (χ4v) is 3.54. The zero-order chi connectivity index (χ0) is 22.4. The van der Waals surface area contributed by atoms with E-state index < -0.39 is 5.91 Å². The van der Waals surface area contributed by atoms with Gasteiger partial charge in [0.1, 0.15) is 24.0 Å². The summed E-state index contributed by atoms with van der Waals surface area (Å²) in [6.45, 7) is 2.20. The van der Waals surface area contributed by atoms with Crippen molar-refractivity contribution in [2.45, 2.75) is 13.5 Å². The van der Waals surface area contributed by atoms with Crippen LogP contribution in [0.2, 0.25) is 5.02 Å². The molecular formula is C24H17Br2ClN2O2. The molecule has 0 bridgehead atoms. The van der Waals surface area contributed by atoms with Crippen molar-refractivity contribution in [2.24, 2.45) is 0 Å². The van der Waals surface area contributed by atoms with Crippen molar-refractivity contribution in [3.05, 3.63) is 96.9 Å². The lowest BCUT2D eigenvalue weighted by Gasteiger charge is -2.11. The minimum atomic E-state index is -0.522. The highest BCUT2D eigenvalue weighted by atomic mass is 79.9. The Morgan fingerprint density at radius 3 is 2.52 bits per heavy atom. The predicted octanol–water partition coefficient (Wildman–Crippen LogP) is 7.30. The van der Waals surface area contributed by atoms with E-state index in [1.165, 1.54) is 6.08 Å². The van der Waals surface area contributed by atoms with E-state index >= 15 is 0 Å². The van der Waals surface area contributed by atoms with Crippen LogP contribution in [0.1, 0.15) is 16.7 Å². The maximum atomic E-state index is 12.7. The highest BCUT2D eigenvalue weighted by Crippen LogP contribution is 2.27. The topological polar surface area (TPSA) is 62.1 Å². The van der Waals surface area contributed by atoms with Crippen LogP contribution in [-0.2, 0) is 11.4 Å². The number of hydrogen-bond acceptors (Lipinski definition) is 3. The Labute approximate surface area is 202 Å². The first-order chi connectivity index (χ1) is 14.9. The maximum absolute atomic E-state index is 12.7. The van der Waals surface area contributed by atoms with Crippen LogP contribution in [0.5, 0.6) is 5.75 Å². The van der Waals surface area contributed by atoms with E-state index in [2.05, 4.69) is 37.2 Å². The molecule has 0 saturated carbocycles. The summed E-state index contributed by atoms with van der Waals surface area (Å²) >= 11 is 12.9. The molecule has 0 atom stereocenters. The molecule has 0 heterocycles. The van der Waals surface area contributed by atoms with Crippen LogP contribution in [0.4, 0.5) is 5.69 Å². The summed E-state index contributed by atoms with van der Waals surface area (Å²) in [5.41, 5.74) is 2.96. The van der Waals surface area contributed by atoms with E-state index in [0.717, 1.165) is 20.1 Å². The van der Waals surface area contributed by atoms with E-state index in [9.17, 15) is 10.1 Å². The number of amides is 1. The zero-order valence-corrected chi connectivity index (χ0v) is 20.4. The van der Waals surface area contributed by atoms with E-state index in [1.54, 1.807) is 30.3 Å². The third-order valence-electron chi connectivity index (χ3n) is 4.39. The molecule has 0 unspecified atom stereocenters. The van der Waals surface area contributed by atoms with Crippen LogP contribution in [0, 0.1) is 18.3 Å². The van der Waals surface area contributed by atoms with Crippen LogP contribution >= 0.6 is 43.5 Å². The molecule has 0 aliphatic rings. The molecule has 1 N–H and O–H groups in total. The number of nitrogens with one attached hydrogen (secondary N) is 1. The third-order valence-corrected chi connectivity index (χ3v) is 5.65. The van der Waals surface area contributed by atoms with Gasteiger partial charge < -0.3 is 10.1 Å². The number of hydrogen-bond donors (Lipinski definition) is 1. The van der Waals surface area contributed by atoms with Crippen molar-refractivity contribution in [1.82, 2.24) is 0 Å². The molecule has 0 radical (unpaired) electrons. The summed E-state index contributed by atoms with van der Waals surface area (Å²) in [4.78, 5) is 12.7. The number of aryl methyl sites for hydroxylation is 1. The Bertz CT molecular complexity index is 1190. The summed E-state index contributed by atoms with van der Waals surface area (Å²) in [6, 6.07) is 20.4. The van der Waals surface area contributed by atoms with Gasteiger partial charge in [0, 0.05) is 25.2 Å². The van der Waals surface area contributed by atoms with Crippen molar-refractivity contribution in [1.29, 1.82) is 5.26 Å². The van der Waals surface area contributed by atoms with E-state index in [1.807, 2.05) is 43.3 Å². The normalized spacial score (nSPS) is 11.0. The summed E-state index contributed by atoms with van der Waals surface area (Å²) in [5.74, 6) is 0.0392. The quantitative estimate of drug-likeness (QED) is 0.254.